The molecule has 0 unspecified atom stereocenters. The van der Waals surface area contributed by atoms with E-state index in [2.05, 4.69) is 47.4 Å². The van der Waals surface area contributed by atoms with E-state index in [-0.39, 0.29) is 5.91 Å². The average Bonchev–Trinajstić information content (AvgIpc) is 3.17. The Balaban J connectivity index is 1.33. The van der Waals surface area contributed by atoms with Crippen molar-refractivity contribution in [3.05, 3.63) is 58.8 Å². The number of aromatic nitrogens is 1. The van der Waals surface area contributed by atoms with Crippen molar-refractivity contribution in [2.24, 2.45) is 0 Å². The molecular weight excluding hydrogens is 342 g/mol. The van der Waals surface area contributed by atoms with Gasteiger partial charge in [0.05, 0.1) is 5.69 Å². The Bertz CT molecular complexity index is 884. The monoisotopic (exact) mass is 363 g/mol. The Hall–Kier alpha value is -2.40. The molecule has 132 valence electrons. The number of hydrogen-bond acceptors (Lipinski definition) is 4. The number of thiazole rings is 1. The molecule has 0 radical (unpaired) electrons. The zero-order valence-electron chi connectivity index (χ0n) is 14.6. The van der Waals surface area contributed by atoms with Gasteiger partial charge in [0.1, 0.15) is 5.01 Å². The van der Waals surface area contributed by atoms with Crippen LogP contribution in [0.1, 0.15) is 23.4 Å². The summed E-state index contributed by atoms with van der Waals surface area (Å²) in [5.74, 6) is 0.236. The van der Waals surface area contributed by atoms with Gasteiger partial charge in [0.2, 0.25) is 5.91 Å². The van der Waals surface area contributed by atoms with Gasteiger partial charge in [-0.05, 0) is 42.8 Å². The highest BCUT2D eigenvalue weighted by Crippen LogP contribution is 2.33. The molecular formula is C21H21N3OS. The molecule has 2 aromatic rings. The van der Waals surface area contributed by atoms with E-state index in [1.54, 1.807) is 0 Å². The number of carbonyl (C=O) groups is 1. The van der Waals surface area contributed by atoms with E-state index in [9.17, 15) is 4.79 Å². The third-order valence-electron chi connectivity index (χ3n) is 5.40. The van der Waals surface area contributed by atoms with Crippen molar-refractivity contribution in [1.82, 2.24) is 9.88 Å². The number of fused-ring (bicyclic) bond motifs is 1. The highest BCUT2D eigenvalue weighted by molar-refractivity contribution is 7.15. The highest BCUT2D eigenvalue weighted by atomic mass is 32.1. The largest absolute Gasteiger partial charge is 0.371 e. The van der Waals surface area contributed by atoms with Gasteiger partial charge in [-0.25, -0.2) is 4.98 Å². The number of hydrogen-bond donors (Lipinski definition) is 0. The molecule has 1 aromatic heterocycles. The van der Waals surface area contributed by atoms with Crippen LogP contribution in [-0.2, 0) is 17.6 Å². The Labute approximate surface area is 157 Å². The van der Waals surface area contributed by atoms with Crippen LogP contribution in [0.25, 0.3) is 10.6 Å². The normalized spacial score (nSPS) is 19.2. The molecule has 0 atom stereocenters. The molecule has 4 nitrogen and oxygen atoms in total. The Morgan fingerprint density at radius 1 is 1.00 bits per heavy atom. The van der Waals surface area contributed by atoms with Gasteiger partial charge >= 0.3 is 0 Å². The van der Waals surface area contributed by atoms with E-state index >= 15 is 0 Å². The topological polar surface area (TPSA) is 36.4 Å². The molecule has 0 N–H and O–H groups in total. The summed E-state index contributed by atoms with van der Waals surface area (Å²) in [6.07, 6.45) is 10.2. The second-order valence-corrected chi connectivity index (χ2v) is 8.11. The lowest BCUT2D eigenvalue weighted by Crippen LogP contribution is -2.26. The Morgan fingerprint density at radius 2 is 1.81 bits per heavy atom. The van der Waals surface area contributed by atoms with Gasteiger partial charge in [-0.15, -0.1) is 11.3 Å². The molecule has 0 spiro atoms. The van der Waals surface area contributed by atoms with E-state index in [0.717, 1.165) is 55.2 Å². The van der Waals surface area contributed by atoms with E-state index in [1.165, 1.54) is 16.3 Å². The molecule has 5 rings (SSSR count). The minimum atomic E-state index is 0.236. The number of allylic oxidation sites excluding steroid dienone is 3. The molecule has 26 heavy (non-hydrogen) atoms. The summed E-state index contributed by atoms with van der Waals surface area (Å²) in [6.45, 7) is 2.95. The zero-order chi connectivity index (χ0) is 17.5. The maximum absolute atomic E-state index is 11.9. The summed E-state index contributed by atoms with van der Waals surface area (Å²) in [5, 5.41) is 1.10. The van der Waals surface area contributed by atoms with Gasteiger partial charge in [-0.3, -0.25) is 4.79 Å². The first-order valence-electron chi connectivity index (χ1n) is 9.31. The van der Waals surface area contributed by atoms with Crippen molar-refractivity contribution >= 4 is 22.9 Å². The number of benzene rings is 1. The maximum atomic E-state index is 11.9. The summed E-state index contributed by atoms with van der Waals surface area (Å²) >= 11 is 1.82. The van der Waals surface area contributed by atoms with Gasteiger partial charge in [-0.2, -0.15) is 0 Å². The predicted octanol–water partition coefficient (Wildman–Crippen LogP) is 3.79. The average molecular weight is 363 g/mol. The summed E-state index contributed by atoms with van der Waals surface area (Å²) in [5.41, 5.74) is 4.77. The molecule has 5 heteroatoms. The fourth-order valence-electron chi connectivity index (χ4n) is 3.84. The van der Waals surface area contributed by atoms with Crippen molar-refractivity contribution in [1.29, 1.82) is 0 Å². The molecule has 0 bridgehead atoms. The minimum Gasteiger partial charge on any atom is -0.371 e. The molecule has 1 amide bonds. The number of rotatable bonds is 3. The fraction of sp³-hybridized carbons (Fsp3) is 0.333. The van der Waals surface area contributed by atoms with Crippen LogP contribution in [-0.4, -0.2) is 35.4 Å². The van der Waals surface area contributed by atoms with Gasteiger partial charge in [-0.1, -0.05) is 6.08 Å². The summed E-state index contributed by atoms with van der Waals surface area (Å²) in [7, 11) is 0. The first kappa shape index (κ1) is 15.8. The highest BCUT2D eigenvalue weighted by Gasteiger charge is 2.23. The second-order valence-electron chi connectivity index (χ2n) is 7.02. The van der Waals surface area contributed by atoms with Crippen LogP contribution in [0.3, 0.4) is 0 Å². The molecule has 1 aromatic carbocycles. The molecule has 1 saturated heterocycles. The first-order valence-corrected chi connectivity index (χ1v) is 10.1. The van der Waals surface area contributed by atoms with Crippen LogP contribution in [0.5, 0.6) is 0 Å². The van der Waals surface area contributed by atoms with E-state index in [4.69, 9.17) is 4.98 Å². The summed E-state index contributed by atoms with van der Waals surface area (Å²) in [4.78, 5) is 22.6. The fourth-order valence-corrected chi connectivity index (χ4v) is 4.95. The number of carbonyl (C=O) groups excluding carboxylic acids is 1. The molecule has 3 heterocycles. The SMILES string of the molecule is O=C1CCCN1c1ccc(-c2nc3c(s2)CCN(C2=CC=C2)CC3)cc1. The third kappa shape index (κ3) is 2.76. The van der Waals surface area contributed by atoms with Gasteiger partial charge in [0.25, 0.3) is 0 Å². The van der Waals surface area contributed by atoms with E-state index in [0.29, 0.717) is 6.42 Å². The molecule has 0 saturated carbocycles. The Kier molecular flexibility index (Phi) is 3.89. The van der Waals surface area contributed by atoms with Gasteiger partial charge in [0.15, 0.2) is 0 Å². The van der Waals surface area contributed by atoms with E-state index in [1.807, 2.05) is 16.2 Å². The third-order valence-corrected chi connectivity index (χ3v) is 6.61. The number of nitrogens with zero attached hydrogens (tertiary/aromatic N) is 3. The van der Waals surface area contributed by atoms with Crippen LogP contribution >= 0.6 is 11.3 Å². The zero-order valence-corrected chi connectivity index (χ0v) is 15.5. The van der Waals surface area contributed by atoms with Crippen LogP contribution in [0.15, 0.2) is 48.2 Å². The maximum Gasteiger partial charge on any atom is 0.227 e. The molecule has 1 fully saturated rings. The molecule has 1 aliphatic carbocycles. The van der Waals surface area contributed by atoms with Crippen LogP contribution < -0.4 is 4.90 Å². The van der Waals surface area contributed by atoms with Crippen molar-refractivity contribution in [2.45, 2.75) is 25.7 Å². The Morgan fingerprint density at radius 3 is 2.50 bits per heavy atom. The van der Waals surface area contributed by atoms with Crippen molar-refractivity contribution in [3.63, 3.8) is 0 Å². The smallest absolute Gasteiger partial charge is 0.227 e. The van der Waals surface area contributed by atoms with Crippen LogP contribution in [0.2, 0.25) is 0 Å². The number of amides is 1. The van der Waals surface area contributed by atoms with Crippen LogP contribution in [0.4, 0.5) is 5.69 Å². The number of anilines is 1. The van der Waals surface area contributed by atoms with Crippen molar-refractivity contribution in [3.8, 4) is 10.6 Å². The van der Waals surface area contributed by atoms with Gasteiger partial charge in [0, 0.05) is 60.7 Å². The summed E-state index contributed by atoms with van der Waals surface area (Å²) in [6, 6.07) is 8.33. The summed E-state index contributed by atoms with van der Waals surface area (Å²) < 4.78 is 0. The van der Waals surface area contributed by atoms with Gasteiger partial charge < -0.3 is 9.80 Å². The second kappa shape index (κ2) is 6.40. The first-order chi connectivity index (χ1) is 12.8. The van der Waals surface area contributed by atoms with E-state index < -0.39 is 0 Å². The molecule has 3 aliphatic rings. The standard InChI is InChI=1S/C21H21N3OS/c25-20-5-2-12-24(20)17-8-6-15(7-9-17)21-22-18-10-13-23(16-3-1-4-16)14-11-19(18)26-21/h1,3-4,6-9H,2,5,10-14H2. The van der Waals surface area contributed by atoms with Crippen LogP contribution in [0, 0.1) is 0 Å². The minimum absolute atomic E-state index is 0.236. The van der Waals surface area contributed by atoms with Crippen molar-refractivity contribution in [2.75, 3.05) is 24.5 Å². The lowest BCUT2D eigenvalue weighted by atomic mass is 10.2. The molecule has 2 aliphatic heterocycles. The lowest BCUT2D eigenvalue weighted by molar-refractivity contribution is -0.117. The quantitative estimate of drug-likeness (QED) is 0.832. The van der Waals surface area contributed by atoms with Crippen molar-refractivity contribution < 1.29 is 4.79 Å². The lowest BCUT2D eigenvalue weighted by Gasteiger charge is -2.26. The predicted molar refractivity (Wildman–Crippen MR) is 105 cm³/mol.